The minimum absolute atomic E-state index is 0.0961. The van der Waals surface area contributed by atoms with Gasteiger partial charge in [-0.3, -0.25) is 4.79 Å². The van der Waals surface area contributed by atoms with Gasteiger partial charge in [-0.2, -0.15) is 5.10 Å². The zero-order valence-corrected chi connectivity index (χ0v) is 12.7. The maximum atomic E-state index is 11.6. The second-order valence-corrected chi connectivity index (χ2v) is 5.04. The monoisotopic (exact) mass is 318 g/mol. The van der Waals surface area contributed by atoms with Crippen molar-refractivity contribution in [1.29, 1.82) is 0 Å². The third kappa shape index (κ3) is 4.79. The van der Waals surface area contributed by atoms with Crippen molar-refractivity contribution in [3.8, 4) is 11.5 Å². The number of hydrogen-bond acceptors (Lipinski definition) is 4. The van der Waals surface area contributed by atoms with Crippen molar-refractivity contribution in [2.24, 2.45) is 5.10 Å². The molecule has 0 unspecified atom stereocenters. The molecule has 2 aromatic carbocycles. The van der Waals surface area contributed by atoms with E-state index in [1.807, 2.05) is 6.92 Å². The first-order valence-corrected chi connectivity index (χ1v) is 6.92. The van der Waals surface area contributed by atoms with E-state index in [1.165, 1.54) is 6.21 Å². The van der Waals surface area contributed by atoms with Crippen LogP contribution in [0.25, 0.3) is 0 Å². The van der Waals surface area contributed by atoms with Crippen molar-refractivity contribution in [2.45, 2.75) is 6.92 Å². The van der Waals surface area contributed by atoms with Crippen LogP contribution in [0.3, 0.4) is 0 Å². The minimum atomic E-state index is -0.414. The van der Waals surface area contributed by atoms with E-state index >= 15 is 0 Å². The molecule has 0 atom stereocenters. The van der Waals surface area contributed by atoms with Gasteiger partial charge in [0, 0.05) is 10.6 Å². The Bertz CT molecular complexity index is 702. The Hall–Kier alpha value is -2.53. The maximum absolute atomic E-state index is 11.6. The summed E-state index contributed by atoms with van der Waals surface area (Å²) in [6.07, 6.45) is 1.37. The first-order chi connectivity index (χ1) is 10.5. The van der Waals surface area contributed by atoms with E-state index in [1.54, 1.807) is 42.5 Å². The molecule has 0 spiro atoms. The van der Waals surface area contributed by atoms with E-state index in [0.717, 1.165) is 5.56 Å². The van der Waals surface area contributed by atoms with Crippen molar-refractivity contribution in [1.82, 2.24) is 5.43 Å². The zero-order valence-electron chi connectivity index (χ0n) is 11.9. The summed E-state index contributed by atoms with van der Waals surface area (Å²) in [7, 11) is 0. The molecule has 2 aromatic rings. The smallest absolute Gasteiger partial charge is 0.277 e. The molecule has 114 valence electrons. The number of halogens is 1. The van der Waals surface area contributed by atoms with Crippen LogP contribution in [0, 0.1) is 6.92 Å². The number of nitrogens with one attached hydrogen (secondary N) is 1. The number of phenolic OH excluding ortho intramolecular Hbond substituents is 1. The van der Waals surface area contributed by atoms with E-state index in [-0.39, 0.29) is 12.4 Å². The molecule has 22 heavy (non-hydrogen) atoms. The lowest BCUT2D eigenvalue weighted by Crippen LogP contribution is -2.24. The summed E-state index contributed by atoms with van der Waals surface area (Å²) in [5, 5.41) is 14.0. The van der Waals surface area contributed by atoms with E-state index in [2.05, 4.69) is 10.5 Å². The molecule has 0 bridgehead atoms. The van der Waals surface area contributed by atoms with Crippen LogP contribution in [-0.4, -0.2) is 23.8 Å². The average molecular weight is 319 g/mol. The van der Waals surface area contributed by atoms with E-state index < -0.39 is 5.91 Å². The third-order valence-corrected chi connectivity index (χ3v) is 2.98. The van der Waals surface area contributed by atoms with Gasteiger partial charge in [0.1, 0.15) is 11.5 Å². The average Bonchev–Trinajstić information content (AvgIpc) is 2.49. The van der Waals surface area contributed by atoms with Crippen LogP contribution < -0.4 is 10.2 Å². The second-order valence-electron chi connectivity index (χ2n) is 4.60. The topological polar surface area (TPSA) is 70.9 Å². The number of phenols is 1. The lowest BCUT2D eigenvalue weighted by atomic mass is 10.1. The molecule has 0 aliphatic carbocycles. The van der Waals surface area contributed by atoms with Gasteiger partial charge in [-0.25, -0.2) is 5.43 Å². The molecule has 6 heteroatoms. The van der Waals surface area contributed by atoms with Crippen LogP contribution in [0.5, 0.6) is 11.5 Å². The molecule has 0 fully saturated rings. The Morgan fingerprint density at radius 3 is 2.95 bits per heavy atom. The molecular formula is C16H15ClN2O3. The summed E-state index contributed by atoms with van der Waals surface area (Å²) < 4.78 is 5.27. The van der Waals surface area contributed by atoms with Crippen molar-refractivity contribution in [2.75, 3.05) is 6.61 Å². The number of nitrogens with zero attached hydrogens (tertiary/aromatic N) is 1. The fourth-order valence-electron chi connectivity index (χ4n) is 1.69. The Labute approximate surface area is 133 Å². The van der Waals surface area contributed by atoms with Crippen molar-refractivity contribution in [3.05, 3.63) is 58.6 Å². The lowest BCUT2D eigenvalue weighted by Gasteiger charge is -2.05. The third-order valence-electron chi connectivity index (χ3n) is 2.74. The molecule has 0 radical (unpaired) electrons. The lowest BCUT2D eigenvalue weighted by molar-refractivity contribution is -0.123. The maximum Gasteiger partial charge on any atom is 0.277 e. The highest BCUT2D eigenvalue weighted by atomic mass is 35.5. The Morgan fingerprint density at radius 1 is 1.36 bits per heavy atom. The summed E-state index contributed by atoms with van der Waals surface area (Å²) in [4.78, 5) is 11.6. The molecular weight excluding hydrogens is 304 g/mol. The van der Waals surface area contributed by atoms with Gasteiger partial charge in [-0.15, -0.1) is 0 Å². The SMILES string of the molecule is Cc1ccc(O)c(/C=N/NC(=O)COc2cccc(Cl)c2)c1. The van der Waals surface area contributed by atoms with Gasteiger partial charge in [0.05, 0.1) is 6.21 Å². The Morgan fingerprint density at radius 2 is 2.18 bits per heavy atom. The van der Waals surface area contributed by atoms with Gasteiger partial charge < -0.3 is 9.84 Å². The Balaban J connectivity index is 1.85. The highest BCUT2D eigenvalue weighted by Gasteiger charge is 2.02. The van der Waals surface area contributed by atoms with Gasteiger partial charge in [0.2, 0.25) is 0 Å². The molecule has 2 N–H and O–H groups in total. The normalized spacial score (nSPS) is 10.6. The molecule has 0 aliphatic heterocycles. The van der Waals surface area contributed by atoms with Gasteiger partial charge in [-0.1, -0.05) is 29.3 Å². The molecule has 0 aliphatic rings. The minimum Gasteiger partial charge on any atom is -0.507 e. The van der Waals surface area contributed by atoms with Crippen LogP contribution >= 0.6 is 11.6 Å². The summed E-state index contributed by atoms with van der Waals surface area (Å²) in [5.41, 5.74) is 3.83. The number of benzene rings is 2. The molecule has 2 rings (SSSR count). The van der Waals surface area contributed by atoms with Crippen LogP contribution in [0.1, 0.15) is 11.1 Å². The van der Waals surface area contributed by atoms with Gasteiger partial charge in [0.15, 0.2) is 6.61 Å². The number of aromatic hydroxyl groups is 1. The number of carbonyl (C=O) groups is 1. The van der Waals surface area contributed by atoms with Crippen LogP contribution in [-0.2, 0) is 4.79 Å². The molecule has 0 aromatic heterocycles. The number of hydrogen-bond donors (Lipinski definition) is 2. The number of carbonyl (C=O) groups excluding carboxylic acids is 1. The van der Waals surface area contributed by atoms with E-state index in [9.17, 15) is 9.90 Å². The van der Waals surface area contributed by atoms with Crippen LogP contribution in [0.15, 0.2) is 47.6 Å². The van der Waals surface area contributed by atoms with Crippen LogP contribution in [0.2, 0.25) is 5.02 Å². The molecule has 5 nitrogen and oxygen atoms in total. The largest absolute Gasteiger partial charge is 0.507 e. The predicted molar refractivity (Wildman–Crippen MR) is 85.5 cm³/mol. The molecule has 0 saturated carbocycles. The van der Waals surface area contributed by atoms with Crippen molar-refractivity contribution in [3.63, 3.8) is 0 Å². The molecule has 0 saturated heterocycles. The number of rotatable bonds is 5. The highest BCUT2D eigenvalue weighted by molar-refractivity contribution is 6.30. The number of aryl methyl sites for hydroxylation is 1. The van der Waals surface area contributed by atoms with Gasteiger partial charge >= 0.3 is 0 Å². The molecule has 1 amide bonds. The zero-order chi connectivity index (χ0) is 15.9. The quantitative estimate of drug-likeness (QED) is 0.658. The summed E-state index contributed by atoms with van der Waals surface area (Å²) in [5.74, 6) is 0.185. The van der Waals surface area contributed by atoms with Crippen molar-refractivity contribution >= 4 is 23.7 Å². The van der Waals surface area contributed by atoms with Crippen molar-refractivity contribution < 1.29 is 14.6 Å². The Kier molecular flexibility index (Phi) is 5.38. The predicted octanol–water partition coefficient (Wildman–Crippen LogP) is 2.88. The van der Waals surface area contributed by atoms with E-state index in [4.69, 9.17) is 16.3 Å². The summed E-state index contributed by atoms with van der Waals surface area (Å²) >= 11 is 5.81. The molecule has 0 heterocycles. The fourth-order valence-corrected chi connectivity index (χ4v) is 1.87. The first kappa shape index (κ1) is 15.9. The van der Waals surface area contributed by atoms with Gasteiger partial charge in [-0.05, 0) is 37.3 Å². The summed E-state index contributed by atoms with van der Waals surface area (Å²) in [6.45, 7) is 1.71. The number of amides is 1. The second kappa shape index (κ2) is 7.47. The summed E-state index contributed by atoms with van der Waals surface area (Å²) in [6, 6.07) is 11.9. The van der Waals surface area contributed by atoms with Crippen LogP contribution in [0.4, 0.5) is 0 Å². The first-order valence-electron chi connectivity index (χ1n) is 6.54. The standard InChI is InChI=1S/C16H15ClN2O3/c1-11-5-6-15(20)12(7-11)9-18-19-16(21)10-22-14-4-2-3-13(17)8-14/h2-9,20H,10H2,1H3,(H,19,21)/b18-9+. The number of hydrazone groups is 1. The van der Waals surface area contributed by atoms with Gasteiger partial charge in [0.25, 0.3) is 5.91 Å². The fraction of sp³-hybridized carbons (Fsp3) is 0.125. The van der Waals surface area contributed by atoms with E-state index in [0.29, 0.717) is 16.3 Å². The highest BCUT2D eigenvalue weighted by Crippen LogP contribution is 2.17. The number of ether oxygens (including phenoxy) is 1.